The molecule has 0 atom stereocenters. The molecule has 8 heteroatoms. The Balaban J connectivity index is 1.45. The Morgan fingerprint density at radius 2 is 1.64 bits per heavy atom. The number of amides is 2. The summed E-state index contributed by atoms with van der Waals surface area (Å²) < 4.78 is 37.6. The number of hydrogen-bond donors (Lipinski definition) is 0. The lowest BCUT2D eigenvalue weighted by molar-refractivity contribution is -0.187. The van der Waals surface area contributed by atoms with Gasteiger partial charge in [0.05, 0.1) is 0 Å². The Kier molecular flexibility index (Phi) is 6.27. The number of piperazine rings is 1. The van der Waals surface area contributed by atoms with Gasteiger partial charge in [0.1, 0.15) is 0 Å². The van der Waals surface area contributed by atoms with Gasteiger partial charge >= 0.3 is 12.1 Å². The average molecular weight is 397 g/mol. The molecular formula is C20H26F3N3O2. The van der Waals surface area contributed by atoms with Crippen LogP contribution in [0.15, 0.2) is 24.3 Å². The maximum atomic E-state index is 12.7. The number of piperidine rings is 1. The molecule has 3 rings (SSSR count). The molecule has 5 nitrogen and oxygen atoms in total. The van der Waals surface area contributed by atoms with Gasteiger partial charge in [0.2, 0.25) is 5.91 Å². The first-order valence-electron chi connectivity index (χ1n) is 9.67. The van der Waals surface area contributed by atoms with Gasteiger partial charge in [-0.3, -0.25) is 14.5 Å². The molecule has 2 heterocycles. The molecule has 0 aromatic heterocycles. The van der Waals surface area contributed by atoms with Crippen molar-refractivity contribution in [2.75, 3.05) is 39.3 Å². The number of aryl methyl sites for hydroxylation is 1. The molecule has 154 valence electrons. The molecule has 2 fully saturated rings. The summed E-state index contributed by atoms with van der Waals surface area (Å²) >= 11 is 0. The topological polar surface area (TPSA) is 43.9 Å². The summed E-state index contributed by atoms with van der Waals surface area (Å²) in [6.45, 7) is 5.72. The second-order valence-electron chi connectivity index (χ2n) is 7.65. The minimum absolute atomic E-state index is 0.00862. The lowest BCUT2D eigenvalue weighted by Crippen LogP contribution is -2.52. The number of nitrogens with zero attached hydrogens (tertiary/aromatic N) is 3. The number of benzene rings is 1. The molecule has 1 aromatic rings. The van der Waals surface area contributed by atoms with Gasteiger partial charge in [-0.1, -0.05) is 29.8 Å². The van der Waals surface area contributed by atoms with Crippen LogP contribution in [0.2, 0.25) is 0 Å². The molecule has 0 N–H and O–H groups in total. The average Bonchev–Trinajstić information content (AvgIpc) is 2.67. The molecule has 0 radical (unpaired) electrons. The fourth-order valence-corrected chi connectivity index (χ4v) is 3.96. The van der Waals surface area contributed by atoms with Crippen LogP contribution in [0.3, 0.4) is 0 Å². The number of alkyl halides is 3. The van der Waals surface area contributed by atoms with Crippen molar-refractivity contribution in [1.29, 1.82) is 0 Å². The van der Waals surface area contributed by atoms with E-state index in [1.807, 2.05) is 11.0 Å². The molecule has 0 saturated carbocycles. The largest absolute Gasteiger partial charge is 0.471 e. The van der Waals surface area contributed by atoms with E-state index in [0.717, 1.165) is 24.5 Å². The number of halogens is 3. The van der Waals surface area contributed by atoms with E-state index in [-0.39, 0.29) is 24.9 Å². The minimum atomic E-state index is -4.84. The molecule has 2 amide bonds. The molecule has 0 bridgehead atoms. The van der Waals surface area contributed by atoms with Crippen LogP contribution in [0.1, 0.15) is 24.0 Å². The van der Waals surface area contributed by atoms with Crippen molar-refractivity contribution in [1.82, 2.24) is 14.7 Å². The van der Waals surface area contributed by atoms with Gasteiger partial charge in [0.15, 0.2) is 0 Å². The SMILES string of the molecule is Cc1cccc(CN2CCN(C(=O)C3CCN(C(=O)C(F)(F)F)CC3)CC2)c1. The number of rotatable bonds is 3. The van der Waals surface area contributed by atoms with Crippen LogP contribution < -0.4 is 0 Å². The Morgan fingerprint density at radius 1 is 1.00 bits per heavy atom. The summed E-state index contributed by atoms with van der Waals surface area (Å²) in [6.07, 6.45) is -4.25. The van der Waals surface area contributed by atoms with Crippen LogP contribution in [0.25, 0.3) is 0 Å². The van der Waals surface area contributed by atoms with E-state index in [4.69, 9.17) is 0 Å². The van der Waals surface area contributed by atoms with E-state index >= 15 is 0 Å². The number of hydrogen-bond acceptors (Lipinski definition) is 3. The third kappa shape index (κ3) is 5.04. The van der Waals surface area contributed by atoms with Crippen molar-refractivity contribution in [3.8, 4) is 0 Å². The molecule has 0 aliphatic carbocycles. The quantitative estimate of drug-likeness (QED) is 0.787. The standard InChI is InChI=1S/C20H26F3N3O2/c1-15-3-2-4-16(13-15)14-24-9-11-25(12-10-24)18(27)17-5-7-26(8-6-17)19(28)20(21,22)23/h2-4,13,17H,5-12,14H2,1H3. The second kappa shape index (κ2) is 8.51. The van der Waals surface area contributed by atoms with Gasteiger partial charge in [-0.15, -0.1) is 0 Å². The van der Waals surface area contributed by atoms with Crippen LogP contribution in [-0.4, -0.2) is 72.0 Å². The molecule has 0 spiro atoms. The molecule has 0 unspecified atom stereocenters. The van der Waals surface area contributed by atoms with Gasteiger partial charge in [0.25, 0.3) is 0 Å². The zero-order valence-corrected chi connectivity index (χ0v) is 16.0. The number of carbonyl (C=O) groups is 2. The van der Waals surface area contributed by atoms with E-state index in [0.29, 0.717) is 25.9 Å². The monoisotopic (exact) mass is 397 g/mol. The Hall–Kier alpha value is -2.09. The summed E-state index contributed by atoms with van der Waals surface area (Å²) in [5, 5.41) is 0. The smallest absolute Gasteiger partial charge is 0.340 e. The van der Waals surface area contributed by atoms with Crippen molar-refractivity contribution in [2.45, 2.75) is 32.5 Å². The molecule has 28 heavy (non-hydrogen) atoms. The van der Waals surface area contributed by atoms with Crippen molar-refractivity contribution < 1.29 is 22.8 Å². The van der Waals surface area contributed by atoms with Crippen LogP contribution in [0.5, 0.6) is 0 Å². The summed E-state index contributed by atoms with van der Waals surface area (Å²) in [6, 6.07) is 8.36. The second-order valence-corrected chi connectivity index (χ2v) is 7.65. The first-order valence-corrected chi connectivity index (χ1v) is 9.67. The predicted octanol–water partition coefficient (Wildman–Crippen LogP) is 2.44. The first kappa shape index (κ1) is 20.6. The Labute approximate surface area is 163 Å². The lowest BCUT2D eigenvalue weighted by atomic mass is 9.95. The van der Waals surface area contributed by atoms with Crippen molar-refractivity contribution in [3.05, 3.63) is 35.4 Å². The Morgan fingerprint density at radius 3 is 2.21 bits per heavy atom. The van der Waals surface area contributed by atoms with Gasteiger partial charge in [-0.2, -0.15) is 13.2 Å². The van der Waals surface area contributed by atoms with Gasteiger partial charge < -0.3 is 9.80 Å². The zero-order chi connectivity index (χ0) is 20.3. The molecule has 2 aliphatic heterocycles. The van der Waals surface area contributed by atoms with Crippen LogP contribution in [0.4, 0.5) is 13.2 Å². The number of carbonyl (C=O) groups excluding carboxylic acids is 2. The van der Waals surface area contributed by atoms with E-state index in [1.54, 1.807) is 0 Å². The third-order valence-electron chi connectivity index (χ3n) is 5.55. The fourth-order valence-electron chi connectivity index (χ4n) is 3.96. The fraction of sp³-hybridized carbons (Fsp3) is 0.600. The van der Waals surface area contributed by atoms with Crippen LogP contribution in [-0.2, 0) is 16.1 Å². The van der Waals surface area contributed by atoms with Crippen LogP contribution >= 0.6 is 0 Å². The van der Waals surface area contributed by atoms with Crippen molar-refractivity contribution in [3.63, 3.8) is 0 Å². The summed E-state index contributed by atoms with van der Waals surface area (Å²) in [7, 11) is 0. The molecule has 1 aromatic carbocycles. The van der Waals surface area contributed by atoms with Gasteiger partial charge in [-0.05, 0) is 25.3 Å². The molecular weight excluding hydrogens is 371 g/mol. The maximum absolute atomic E-state index is 12.7. The highest BCUT2D eigenvalue weighted by Crippen LogP contribution is 2.25. The lowest BCUT2D eigenvalue weighted by Gasteiger charge is -2.38. The minimum Gasteiger partial charge on any atom is -0.340 e. The van der Waals surface area contributed by atoms with E-state index in [2.05, 4.69) is 30.0 Å². The van der Waals surface area contributed by atoms with Gasteiger partial charge in [0, 0.05) is 51.7 Å². The van der Waals surface area contributed by atoms with E-state index < -0.39 is 12.1 Å². The number of likely N-dealkylation sites (tertiary alicyclic amines) is 1. The van der Waals surface area contributed by atoms with Gasteiger partial charge in [-0.25, -0.2) is 0 Å². The summed E-state index contributed by atoms with van der Waals surface area (Å²) in [4.78, 5) is 29.0. The highest BCUT2D eigenvalue weighted by atomic mass is 19.4. The van der Waals surface area contributed by atoms with Crippen molar-refractivity contribution >= 4 is 11.8 Å². The highest BCUT2D eigenvalue weighted by Gasteiger charge is 2.44. The first-order chi connectivity index (χ1) is 13.2. The third-order valence-corrected chi connectivity index (χ3v) is 5.55. The molecule has 2 aliphatic rings. The summed E-state index contributed by atoms with van der Waals surface area (Å²) in [5.41, 5.74) is 2.48. The van der Waals surface area contributed by atoms with Crippen molar-refractivity contribution in [2.24, 2.45) is 5.92 Å². The normalized spacial score (nSPS) is 19.7. The highest BCUT2D eigenvalue weighted by molar-refractivity contribution is 5.83. The van der Waals surface area contributed by atoms with E-state index in [1.165, 1.54) is 11.1 Å². The predicted molar refractivity (Wildman–Crippen MR) is 98.4 cm³/mol. The maximum Gasteiger partial charge on any atom is 0.471 e. The zero-order valence-electron chi connectivity index (χ0n) is 16.0. The van der Waals surface area contributed by atoms with Crippen LogP contribution in [0, 0.1) is 12.8 Å². The summed E-state index contributed by atoms with van der Waals surface area (Å²) in [5.74, 6) is -2.09. The molecule has 2 saturated heterocycles. The Bertz CT molecular complexity index is 707. The van der Waals surface area contributed by atoms with E-state index in [9.17, 15) is 22.8 Å².